The van der Waals surface area contributed by atoms with Crippen molar-refractivity contribution in [2.75, 3.05) is 13.1 Å². The Morgan fingerprint density at radius 1 is 1.35 bits per heavy atom. The van der Waals surface area contributed by atoms with Crippen LogP contribution in [-0.4, -0.2) is 19.0 Å². The first-order valence-electron chi connectivity index (χ1n) is 6.42. The molecule has 0 fully saturated rings. The van der Waals surface area contributed by atoms with Crippen LogP contribution in [0.25, 0.3) is 0 Å². The van der Waals surface area contributed by atoms with Crippen LogP contribution in [0.3, 0.4) is 0 Å². The van der Waals surface area contributed by atoms with E-state index in [1.165, 1.54) is 6.07 Å². The Kier molecular flexibility index (Phi) is 9.72. The van der Waals surface area contributed by atoms with Crippen molar-refractivity contribution in [3.63, 3.8) is 0 Å². The lowest BCUT2D eigenvalue weighted by molar-refractivity contribution is 0.609. The average molecular weight is 390 g/mol. The molecule has 0 bridgehead atoms. The minimum Gasteiger partial charge on any atom is -0.357 e. The molecule has 0 saturated carbocycles. The zero-order chi connectivity index (χ0) is 14.1. The lowest BCUT2D eigenvalue weighted by atomic mass is 10.1. The monoisotopic (exact) mass is 390 g/mol. The van der Waals surface area contributed by atoms with Gasteiger partial charge >= 0.3 is 0 Å². The quantitative estimate of drug-likeness (QED) is 0.462. The highest BCUT2D eigenvalue weighted by molar-refractivity contribution is 14.0. The second kappa shape index (κ2) is 10.4. The van der Waals surface area contributed by atoms with E-state index in [-0.39, 0.29) is 30.5 Å². The molecule has 0 aliphatic carbocycles. The van der Waals surface area contributed by atoms with Gasteiger partial charge in [0.15, 0.2) is 5.96 Å². The summed E-state index contributed by atoms with van der Waals surface area (Å²) >= 11 is 0. The third kappa shape index (κ3) is 6.19. The van der Waals surface area contributed by atoms with Gasteiger partial charge in [-0.1, -0.05) is 13.0 Å². The number of nitriles is 1. The summed E-state index contributed by atoms with van der Waals surface area (Å²) < 4.78 is 13.7. The molecule has 2 N–H and O–H groups in total. The highest BCUT2D eigenvalue weighted by Crippen LogP contribution is 2.10. The molecule has 0 saturated heterocycles. The van der Waals surface area contributed by atoms with Gasteiger partial charge in [0.1, 0.15) is 5.82 Å². The number of rotatable bonds is 5. The van der Waals surface area contributed by atoms with Crippen molar-refractivity contribution in [3.05, 3.63) is 35.1 Å². The molecule has 0 aliphatic heterocycles. The molecule has 1 aromatic carbocycles. The van der Waals surface area contributed by atoms with E-state index in [1.54, 1.807) is 12.1 Å². The van der Waals surface area contributed by atoms with Crippen LogP contribution >= 0.6 is 24.0 Å². The van der Waals surface area contributed by atoms with Crippen molar-refractivity contribution in [3.8, 4) is 6.07 Å². The van der Waals surface area contributed by atoms with E-state index < -0.39 is 5.82 Å². The van der Waals surface area contributed by atoms with Gasteiger partial charge in [-0.2, -0.15) is 5.26 Å². The molecule has 4 nitrogen and oxygen atoms in total. The van der Waals surface area contributed by atoms with Crippen molar-refractivity contribution >= 4 is 29.9 Å². The Hall–Kier alpha value is -1.36. The standard InChI is InChI=1S/C14H19FN4.HI/c1-3-7-18-14(17-4-2)19-10-12-6-5-11(9-16)8-13(12)15;/h5-6,8H,3-4,7,10H2,1-2H3,(H2,17,18,19);1H. The molecule has 20 heavy (non-hydrogen) atoms. The Labute approximate surface area is 136 Å². The number of nitrogens with one attached hydrogen (secondary N) is 2. The number of nitrogens with zero attached hydrogens (tertiary/aromatic N) is 2. The number of aliphatic imine (C=N–C) groups is 1. The van der Waals surface area contributed by atoms with E-state index in [1.807, 2.05) is 13.0 Å². The van der Waals surface area contributed by atoms with Gasteiger partial charge in [-0.15, -0.1) is 24.0 Å². The van der Waals surface area contributed by atoms with Crippen LogP contribution in [0.5, 0.6) is 0 Å². The van der Waals surface area contributed by atoms with Crippen molar-refractivity contribution in [2.45, 2.75) is 26.8 Å². The Bertz CT molecular complexity index is 483. The maximum Gasteiger partial charge on any atom is 0.191 e. The van der Waals surface area contributed by atoms with Crippen LogP contribution in [0.1, 0.15) is 31.4 Å². The summed E-state index contributed by atoms with van der Waals surface area (Å²) in [5.41, 5.74) is 0.800. The Balaban J connectivity index is 0.00000361. The van der Waals surface area contributed by atoms with Crippen LogP contribution in [0.15, 0.2) is 23.2 Å². The number of hydrogen-bond donors (Lipinski definition) is 2. The zero-order valence-electron chi connectivity index (χ0n) is 11.7. The zero-order valence-corrected chi connectivity index (χ0v) is 14.1. The maximum absolute atomic E-state index is 13.7. The predicted octanol–water partition coefficient (Wildman–Crippen LogP) is 2.78. The molecule has 1 aromatic rings. The van der Waals surface area contributed by atoms with Gasteiger partial charge < -0.3 is 10.6 Å². The number of benzene rings is 1. The molecule has 0 aromatic heterocycles. The third-order valence-electron chi connectivity index (χ3n) is 2.48. The van der Waals surface area contributed by atoms with Gasteiger partial charge in [-0.25, -0.2) is 9.38 Å². The number of hydrogen-bond acceptors (Lipinski definition) is 2. The van der Waals surface area contributed by atoms with Crippen LogP contribution in [-0.2, 0) is 6.54 Å². The largest absolute Gasteiger partial charge is 0.357 e. The Morgan fingerprint density at radius 2 is 2.10 bits per heavy atom. The first kappa shape index (κ1) is 18.6. The van der Waals surface area contributed by atoms with E-state index in [0.29, 0.717) is 17.1 Å². The van der Waals surface area contributed by atoms with Crippen LogP contribution < -0.4 is 10.6 Å². The van der Waals surface area contributed by atoms with Crippen LogP contribution in [0, 0.1) is 17.1 Å². The van der Waals surface area contributed by atoms with Gasteiger partial charge in [0.2, 0.25) is 0 Å². The molecular formula is C14H20FIN4. The Morgan fingerprint density at radius 3 is 2.65 bits per heavy atom. The second-order valence-electron chi connectivity index (χ2n) is 4.04. The van der Waals surface area contributed by atoms with E-state index in [4.69, 9.17) is 5.26 Å². The lowest BCUT2D eigenvalue weighted by Gasteiger charge is -2.10. The molecule has 0 atom stereocenters. The summed E-state index contributed by atoms with van der Waals surface area (Å²) in [7, 11) is 0. The predicted molar refractivity (Wildman–Crippen MR) is 89.6 cm³/mol. The molecular weight excluding hydrogens is 370 g/mol. The maximum atomic E-state index is 13.7. The second-order valence-corrected chi connectivity index (χ2v) is 4.04. The van der Waals surface area contributed by atoms with Crippen molar-refractivity contribution in [2.24, 2.45) is 4.99 Å². The topological polar surface area (TPSA) is 60.2 Å². The minimum absolute atomic E-state index is 0. The first-order valence-corrected chi connectivity index (χ1v) is 6.42. The third-order valence-corrected chi connectivity index (χ3v) is 2.48. The van der Waals surface area contributed by atoms with Gasteiger partial charge in [-0.3, -0.25) is 0 Å². The van der Waals surface area contributed by atoms with E-state index in [2.05, 4.69) is 22.5 Å². The van der Waals surface area contributed by atoms with Crippen molar-refractivity contribution in [1.82, 2.24) is 10.6 Å². The lowest BCUT2D eigenvalue weighted by Crippen LogP contribution is -2.37. The van der Waals surface area contributed by atoms with Gasteiger partial charge in [0, 0.05) is 18.7 Å². The number of guanidine groups is 1. The summed E-state index contributed by atoms with van der Waals surface area (Å²) in [6.45, 7) is 5.87. The average Bonchev–Trinajstić information content (AvgIpc) is 2.42. The summed E-state index contributed by atoms with van der Waals surface area (Å²) in [6.07, 6.45) is 0.996. The summed E-state index contributed by atoms with van der Waals surface area (Å²) in [4.78, 5) is 4.31. The number of halogens is 2. The molecule has 0 spiro atoms. The highest BCUT2D eigenvalue weighted by Gasteiger charge is 2.03. The first-order chi connectivity index (χ1) is 9.21. The van der Waals surface area contributed by atoms with Crippen LogP contribution in [0.4, 0.5) is 4.39 Å². The fourth-order valence-corrected chi connectivity index (χ4v) is 1.49. The highest BCUT2D eigenvalue weighted by atomic mass is 127. The molecule has 110 valence electrons. The molecule has 0 amide bonds. The van der Waals surface area contributed by atoms with Gasteiger partial charge in [-0.05, 0) is 25.5 Å². The summed E-state index contributed by atoms with van der Waals surface area (Å²) in [5, 5.41) is 14.9. The molecule has 0 heterocycles. The minimum atomic E-state index is -0.394. The fourth-order valence-electron chi connectivity index (χ4n) is 1.49. The van der Waals surface area contributed by atoms with Crippen molar-refractivity contribution < 1.29 is 4.39 Å². The molecule has 0 aliphatic rings. The normalized spacial score (nSPS) is 10.4. The van der Waals surface area contributed by atoms with Gasteiger partial charge in [0.25, 0.3) is 0 Å². The summed E-state index contributed by atoms with van der Waals surface area (Å²) in [6, 6.07) is 6.34. The van der Waals surface area contributed by atoms with E-state index in [0.717, 1.165) is 19.5 Å². The smallest absolute Gasteiger partial charge is 0.191 e. The molecule has 6 heteroatoms. The molecule has 0 radical (unpaired) electrons. The van der Waals surface area contributed by atoms with Gasteiger partial charge in [0.05, 0.1) is 18.2 Å². The van der Waals surface area contributed by atoms with E-state index in [9.17, 15) is 4.39 Å². The fraction of sp³-hybridized carbons (Fsp3) is 0.429. The van der Waals surface area contributed by atoms with Crippen LogP contribution in [0.2, 0.25) is 0 Å². The van der Waals surface area contributed by atoms with Crippen molar-refractivity contribution in [1.29, 1.82) is 5.26 Å². The van der Waals surface area contributed by atoms with E-state index >= 15 is 0 Å². The summed E-state index contributed by atoms with van der Waals surface area (Å²) in [5.74, 6) is 0.280. The molecule has 0 unspecified atom stereocenters. The SMILES string of the molecule is CCCNC(=NCc1ccc(C#N)cc1F)NCC.I. The molecule has 1 rings (SSSR count).